The van der Waals surface area contributed by atoms with Crippen LogP contribution in [0.4, 0.5) is 0 Å². The van der Waals surface area contributed by atoms with E-state index in [1.807, 2.05) is 18.2 Å². The van der Waals surface area contributed by atoms with Crippen LogP contribution in [0.2, 0.25) is 0 Å². The Morgan fingerprint density at radius 1 is 1.26 bits per heavy atom. The third-order valence-electron chi connectivity index (χ3n) is 3.68. The molecule has 2 aliphatic rings. The quantitative estimate of drug-likeness (QED) is 0.931. The van der Waals surface area contributed by atoms with Gasteiger partial charge in [-0.15, -0.1) is 0 Å². The van der Waals surface area contributed by atoms with E-state index in [2.05, 4.69) is 10.5 Å². The van der Waals surface area contributed by atoms with E-state index in [4.69, 9.17) is 18.7 Å². The Bertz CT molecular complexity index is 754. The Hall–Kier alpha value is -2.96. The molecule has 1 unspecified atom stereocenters. The van der Waals surface area contributed by atoms with E-state index in [0.29, 0.717) is 35.9 Å². The molecule has 7 heteroatoms. The van der Waals surface area contributed by atoms with Crippen molar-refractivity contribution in [2.24, 2.45) is 5.16 Å². The monoisotopic (exact) mass is 314 g/mol. The predicted molar refractivity (Wildman–Crippen MR) is 79.1 cm³/mol. The molecule has 1 aromatic heterocycles. The summed E-state index contributed by atoms with van der Waals surface area (Å²) in [7, 11) is 0. The number of hydrogen-bond acceptors (Lipinski definition) is 6. The molecular formula is C16H14N2O5. The van der Waals surface area contributed by atoms with Gasteiger partial charge in [0.25, 0.3) is 5.91 Å². The number of nitrogens with one attached hydrogen (secondary N) is 1. The molecule has 2 aromatic rings. The van der Waals surface area contributed by atoms with Crippen LogP contribution in [0.3, 0.4) is 0 Å². The Morgan fingerprint density at radius 2 is 2.17 bits per heavy atom. The van der Waals surface area contributed by atoms with Crippen LogP contribution < -0.4 is 14.8 Å². The van der Waals surface area contributed by atoms with Gasteiger partial charge in [0.15, 0.2) is 11.5 Å². The molecule has 0 saturated heterocycles. The second-order valence-corrected chi connectivity index (χ2v) is 5.20. The van der Waals surface area contributed by atoms with Gasteiger partial charge < -0.3 is 24.0 Å². The van der Waals surface area contributed by atoms with Crippen LogP contribution in [-0.2, 0) is 16.2 Å². The summed E-state index contributed by atoms with van der Waals surface area (Å²) in [5.74, 6) is 1.85. The smallest absolute Gasteiger partial charge is 0.264 e. The van der Waals surface area contributed by atoms with Crippen LogP contribution in [0.25, 0.3) is 0 Å². The molecule has 23 heavy (non-hydrogen) atoms. The number of rotatable bonds is 4. The van der Waals surface area contributed by atoms with Crippen molar-refractivity contribution in [3.05, 3.63) is 47.9 Å². The first-order valence-corrected chi connectivity index (χ1v) is 7.22. The van der Waals surface area contributed by atoms with Crippen LogP contribution in [-0.4, -0.2) is 24.5 Å². The van der Waals surface area contributed by atoms with Crippen molar-refractivity contribution in [1.29, 1.82) is 0 Å². The molecule has 0 spiro atoms. The molecule has 0 fully saturated rings. The molecule has 0 radical (unpaired) electrons. The highest BCUT2D eigenvalue weighted by Crippen LogP contribution is 2.33. The molecule has 4 rings (SSSR count). The molecule has 3 heterocycles. The number of ether oxygens (including phenoxy) is 2. The van der Waals surface area contributed by atoms with Gasteiger partial charge in [-0.3, -0.25) is 4.79 Å². The number of nitrogens with zero attached hydrogens (tertiary/aromatic N) is 1. The summed E-state index contributed by atoms with van der Waals surface area (Å²) in [6.45, 7) is 0.546. The van der Waals surface area contributed by atoms with E-state index < -0.39 is 6.10 Å². The maximum Gasteiger partial charge on any atom is 0.264 e. The van der Waals surface area contributed by atoms with Gasteiger partial charge in [-0.1, -0.05) is 5.16 Å². The molecule has 7 nitrogen and oxygen atoms in total. The van der Waals surface area contributed by atoms with Crippen molar-refractivity contribution in [3.8, 4) is 11.5 Å². The first-order chi connectivity index (χ1) is 11.3. The Labute approximate surface area is 131 Å². The van der Waals surface area contributed by atoms with Crippen molar-refractivity contribution in [1.82, 2.24) is 5.32 Å². The summed E-state index contributed by atoms with van der Waals surface area (Å²) in [6.07, 6.45) is 1.34. The van der Waals surface area contributed by atoms with Gasteiger partial charge in [0.2, 0.25) is 12.9 Å². The fourth-order valence-corrected chi connectivity index (χ4v) is 2.47. The zero-order valence-electron chi connectivity index (χ0n) is 12.2. The molecule has 118 valence electrons. The predicted octanol–water partition coefficient (Wildman–Crippen LogP) is 1.82. The zero-order chi connectivity index (χ0) is 15.6. The lowest BCUT2D eigenvalue weighted by Crippen LogP contribution is -2.34. The molecule has 2 aliphatic heterocycles. The van der Waals surface area contributed by atoms with Gasteiger partial charge in [-0.05, 0) is 30.3 Å². The maximum atomic E-state index is 12.1. The summed E-state index contributed by atoms with van der Waals surface area (Å²) in [5.41, 5.74) is 1.57. The third-order valence-corrected chi connectivity index (χ3v) is 3.68. The van der Waals surface area contributed by atoms with E-state index in [1.165, 1.54) is 0 Å². The second kappa shape index (κ2) is 5.68. The molecule has 1 N–H and O–H groups in total. The zero-order valence-corrected chi connectivity index (χ0v) is 12.2. The van der Waals surface area contributed by atoms with Gasteiger partial charge in [0, 0.05) is 12.0 Å². The van der Waals surface area contributed by atoms with Gasteiger partial charge >= 0.3 is 0 Å². The first-order valence-electron chi connectivity index (χ1n) is 7.22. The highest BCUT2D eigenvalue weighted by molar-refractivity contribution is 6.04. The number of amides is 1. The van der Waals surface area contributed by atoms with E-state index in [1.54, 1.807) is 18.4 Å². The van der Waals surface area contributed by atoms with Crippen molar-refractivity contribution in [2.45, 2.75) is 19.1 Å². The minimum Gasteiger partial charge on any atom is -0.467 e. The largest absolute Gasteiger partial charge is 0.467 e. The van der Waals surface area contributed by atoms with Crippen LogP contribution in [0.15, 0.2) is 46.2 Å². The average molecular weight is 314 g/mol. The number of hydrogen-bond donors (Lipinski definition) is 1. The second-order valence-electron chi connectivity index (χ2n) is 5.20. The fraction of sp³-hybridized carbons (Fsp3) is 0.250. The van der Waals surface area contributed by atoms with Crippen LogP contribution in [0.5, 0.6) is 11.5 Å². The highest BCUT2D eigenvalue weighted by atomic mass is 16.7. The third kappa shape index (κ3) is 2.73. The lowest BCUT2D eigenvalue weighted by Gasteiger charge is -2.08. The summed E-state index contributed by atoms with van der Waals surface area (Å²) >= 11 is 0. The van der Waals surface area contributed by atoms with Crippen LogP contribution >= 0.6 is 0 Å². The summed E-state index contributed by atoms with van der Waals surface area (Å²) in [5, 5.41) is 6.78. The van der Waals surface area contributed by atoms with E-state index >= 15 is 0 Å². The average Bonchev–Trinajstić information content (AvgIpc) is 3.32. The molecule has 1 atom stereocenters. The normalized spacial score (nSPS) is 18.4. The van der Waals surface area contributed by atoms with Crippen molar-refractivity contribution >= 4 is 11.6 Å². The Balaban J connectivity index is 1.37. The highest BCUT2D eigenvalue weighted by Gasteiger charge is 2.29. The number of carbonyl (C=O) groups excluding carboxylic acids is 1. The fourth-order valence-electron chi connectivity index (χ4n) is 2.47. The summed E-state index contributed by atoms with van der Waals surface area (Å²) in [6, 6.07) is 9.11. The minimum atomic E-state index is -0.634. The molecule has 0 aliphatic carbocycles. The van der Waals surface area contributed by atoms with Crippen molar-refractivity contribution in [3.63, 3.8) is 0 Å². The topological polar surface area (TPSA) is 82.3 Å². The maximum absolute atomic E-state index is 12.1. The van der Waals surface area contributed by atoms with Crippen molar-refractivity contribution < 1.29 is 23.5 Å². The number of carbonyl (C=O) groups is 1. The van der Waals surface area contributed by atoms with E-state index in [0.717, 1.165) is 5.56 Å². The van der Waals surface area contributed by atoms with Gasteiger partial charge in [0.05, 0.1) is 18.5 Å². The number of oxime groups is 1. The first kappa shape index (κ1) is 13.7. The Morgan fingerprint density at radius 3 is 3.04 bits per heavy atom. The Kier molecular flexibility index (Phi) is 3.38. The van der Waals surface area contributed by atoms with Crippen molar-refractivity contribution in [2.75, 3.05) is 6.79 Å². The lowest BCUT2D eigenvalue weighted by molar-refractivity contribution is -0.131. The van der Waals surface area contributed by atoms with Gasteiger partial charge in [-0.2, -0.15) is 0 Å². The number of benzene rings is 1. The SMILES string of the molecule is O=C(NCc1ccco1)C1CC(c2ccc3c(c2)OCO3)=NO1. The molecule has 1 amide bonds. The minimum absolute atomic E-state index is 0.221. The molecular weight excluding hydrogens is 300 g/mol. The standard InChI is InChI=1S/C16H14N2O5/c19-16(17-8-11-2-1-5-20-11)15-7-12(18-23-15)10-3-4-13-14(6-10)22-9-21-13/h1-6,15H,7-9H2,(H,17,19). The van der Waals surface area contributed by atoms with Crippen LogP contribution in [0, 0.1) is 0 Å². The van der Waals surface area contributed by atoms with E-state index in [-0.39, 0.29) is 12.7 Å². The lowest BCUT2D eigenvalue weighted by atomic mass is 10.0. The summed E-state index contributed by atoms with van der Waals surface area (Å²) in [4.78, 5) is 17.4. The molecule has 0 bridgehead atoms. The van der Waals surface area contributed by atoms with Gasteiger partial charge in [-0.25, -0.2) is 0 Å². The number of fused-ring (bicyclic) bond motifs is 1. The molecule has 1 aromatic carbocycles. The summed E-state index contributed by atoms with van der Waals surface area (Å²) < 4.78 is 15.8. The molecule has 0 saturated carbocycles. The van der Waals surface area contributed by atoms with Crippen LogP contribution in [0.1, 0.15) is 17.7 Å². The van der Waals surface area contributed by atoms with E-state index in [9.17, 15) is 4.79 Å². The van der Waals surface area contributed by atoms with Gasteiger partial charge in [0.1, 0.15) is 5.76 Å². The number of furan rings is 1.